The highest BCUT2D eigenvalue weighted by atomic mass is 79.9. The van der Waals surface area contributed by atoms with Crippen molar-refractivity contribution in [3.8, 4) is 0 Å². The van der Waals surface area contributed by atoms with Gasteiger partial charge in [-0.25, -0.2) is 15.6 Å². The van der Waals surface area contributed by atoms with E-state index in [-0.39, 0.29) is 5.91 Å². The number of carbonyl (C=O) groups excluding carboxylic acids is 2. The first-order valence-corrected chi connectivity index (χ1v) is 7.94. The standard InChI is InChI=1S/C16H14BrN5O2/c17-12-8-6-10(7-9-12)13-14(18-16(24)22-19-13)20-21-15(23)11-4-2-1-3-5-11/h1-9,14,20H,(H,21,23)(H2,18,22,24). The molecule has 3 amide bonds. The van der Waals surface area contributed by atoms with E-state index in [0.717, 1.165) is 10.0 Å². The predicted molar refractivity (Wildman–Crippen MR) is 93.2 cm³/mol. The summed E-state index contributed by atoms with van der Waals surface area (Å²) in [7, 11) is 0. The molecule has 0 saturated carbocycles. The summed E-state index contributed by atoms with van der Waals surface area (Å²) in [5, 5.41) is 6.74. The minimum atomic E-state index is -0.660. The van der Waals surface area contributed by atoms with Crippen LogP contribution < -0.4 is 21.6 Å². The van der Waals surface area contributed by atoms with Crippen LogP contribution in [-0.4, -0.2) is 23.8 Å². The van der Waals surface area contributed by atoms with Gasteiger partial charge < -0.3 is 5.32 Å². The van der Waals surface area contributed by atoms with Crippen molar-refractivity contribution in [2.45, 2.75) is 6.17 Å². The number of nitrogens with zero attached hydrogens (tertiary/aromatic N) is 1. The number of benzene rings is 2. The molecular weight excluding hydrogens is 374 g/mol. The molecule has 7 nitrogen and oxygen atoms in total. The molecule has 2 aromatic carbocycles. The maximum atomic E-state index is 12.1. The Bertz CT molecular complexity index is 777. The number of hydrazone groups is 1. The van der Waals surface area contributed by atoms with Gasteiger partial charge in [-0.1, -0.05) is 46.3 Å². The van der Waals surface area contributed by atoms with Crippen molar-refractivity contribution < 1.29 is 9.59 Å². The molecule has 2 aromatic rings. The molecule has 0 fully saturated rings. The van der Waals surface area contributed by atoms with Crippen molar-refractivity contribution in [1.29, 1.82) is 0 Å². The van der Waals surface area contributed by atoms with Gasteiger partial charge >= 0.3 is 6.03 Å². The monoisotopic (exact) mass is 387 g/mol. The van der Waals surface area contributed by atoms with Crippen molar-refractivity contribution in [2.75, 3.05) is 0 Å². The molecule has 0 bridgehead atoms. The Hall–Kier alpha value is -2.71. The van der Waals surface area contributed by atoms with Crippen LogP contribution in [0.3, 0.4) is 0 Å². The van der Waals surface area contributed by atoms with Gasteiger partial charge in [-0.2, -0.15) is 5.10 Å². The van der Waals surface area contributed by atoms with Crippen LogP contribution in [0.15, 0.2) is 64.2 Å². The summed E-state index contributed by atoms with van der Waals surface area (Å²) in [6.07, 6.45) is -0.660. The van der Waals surface area contributed by atoms with E-state index in [1.54, 1.807) is 24.3 Å². The molecule has 0 aliphatic carbocycles. The zero-order chi connectivity index (χ0) is 16.9. The lowest BCUT2D eigenvalue weighted by molar-refractivity contribution is 0.0927. The van der Waals surface area contributed by atoms with Crippen molar-refractivity contribution in [3.63, 3.8) is 0 Å². The van der Waals surface area contributed by atoms with E-state index in [2.05, 4.69) is 42.6 Å². The second kappa shape index (κ2) is 7.24. The van der Waals surface area contributed by atoms with Crippen LogP contribution in [0.4, 0.5) is 4.79 Å². The second-order valence-corrected chi connectivity index (χ2v) is 5.90. The molecule has 0 saturated heterocycles. The number of amides is 3. The minimum absolute atomic E-state index is 0.307. The zero-order valence-corrected chi connectivity index (χ0v) is 14.0. The van der Waals surface area contributed by atoms with Gasteiger partial charge in [0.2, 0.25) is 0 Å². The molecule has 3 rings (SSSR count). The van der Waals surface area contributed by atoms with E-state index in [0.29, 0.717) is 11.3 Å². The van der Waals surface area contributed by atoms with Gasteiger partial charge in [0.1, 0.15) is 11.9 Å². The SMILES string of the molecule is O=C1NN=C(c2ccc(Br)cc2)C(NNC(=O)c2ccccc2)N1. The van der Waals surface area contributed by atoms with Crippen LogP contribution in [0.25, 0.3) is 0 Å². The Morgan fingerprint density at radius 2 is 1.79 bits per heavy atom. The Labute approximate surface area is 146 Å². The van der Waals surface area contributed by atoms with E-state index in [9.17, 15) is 9.59 Å². The van der Waals surface area contributed by atoms with Crippen molar-refractivity contribution in [1.82, 2.24) is 21.6 Å². The van der Waals surface area contributed by atoms with E-state index < -0.39 is 12.2 Å². The molecular formula is C16H14BrN5O2. The summed E-state index contributed by atoms with van der Waals surface area (Å²) in [4.78, 5) is 23.6. The van der Waals surface area contributed by atoms with Gasteiger partial charge in [-0.15, -0.1) is 0 Å². The zero-order valence-electron chi connectivity index (χ0n) is 12.4. The summed E-state index contributed by atoms with van der Waals surface area (Å²) in [5.74, 6) is -0.307. The topological polar surface area (TPSA) is 94.6 Å². The van der Waals surface area contributed by atoms with Gasteiger partial charge in [0.15, 0.2) is 0 Å². The summed E-state index contributed by atoms with van der Waals surface area (Å²) >= 11 is 3.37. The summed E-state index contributed by atoms with van der Waals surface area (Å²) in [6.45, 7) is 0. The average Bonchev–Trinajstić information content (AvgIpc) is 2.61. The first-order valence-electron chi connectivity index (χ1n) is 7.14. The molecule has 122 valence electrons. The van der Waals surface area contributed by atoms with Gasteiger partial charge in [0.25, 0.3) is 5.91 Å². The Morgan fingerprint density at radius 1 is 1.08 bits per heavy atom. The number of carbonyl (C=O) groups is 2. The maximum Gasteiger partial charge on any atom is 0.336 e. The quantitative estimate of drug-likeness (QED) is 0.601. The van der Waals surface area contributed by atoms with Crippen molar-refractivity contribution >= 4 is 33.6 Å². The molecule has 0 radical (unpaired) electrons. The maximum absolute atomic E-state index is 12.1. The van der Waals surface area contributed by atoms with E-state index in [4.69, 9.17) is 0 Å². The van der Waals surface area contributed by atoms with Gasteiger partial charge in [0, 0.05) is 15.6 Å². The molecule has 0 spiro atoms. The Kier molecular flexibility index (Phi) is 4.88. The van der Waals surface area contributed by atoms with E-state index in [1.807, 2.05) is 30.3 Å². The fourth-order valence-corrected chi connectivity index (χ4v) is 2.43. The molecule has 1 aliphatic rings. The van der Waals surface area contributed by atoms with Gasteiger partial charge in [0.05, 0.1) is 0 Å². The largest absolute Gasteiger partial charge is 0.336 e. The first-order chi connectivity index (χ1) is 11.6. The van der Waals surface area contributed by atoms with Crippen molar-refractivity contribution in [2.24, 2.45) is 5.10 Å². The third-order valence-electron chi connectivity index (χ3n) is 3.33. The molecule has 1 atom stereocenters. The highest BCUT2D eigenvalue weighted by Crippen LogP contribution is 2.13. The van der Waals surface area contributed by atoms with Crippen LogP contribution in [0, 0.1) is 0 Å². The predicted octanol–water partition coefficient (Wildman–Crippen LogP) is 1.73. The lowest BCUT2D eigenvalue weighted by atomic mass is 10.1. The molecule has 24 heavy (non-hydrogen) atoms. The van der Waals surface area contributed by atoms with Crippen LogP contribution in [0.5, 0.6) is 0 Å². The van der Waals surface area contributed by atoms with Crippen LogP contribution in [0.2, 0.25) is 0 Å². The summed E-state index contributed by atoms with van der Waals surface area (Å²) in [5.41, 5.74) is 9.61. The summed E-state index contributed by atoms with van der Waals surface area (Å²) < 4.78 is 0.932. The molecule has 1 heterocycles. The fourth-order valence-electron chi connectivity index (χ4n) is 2.16. The number of hydrogen-bond acceptors (Lipinski definition) is 4. The molecule has 1 aliphatic heterocycles. The highest BCUT2D eigenvalue weighted by Gasteiger charge is 2.24. The highest BCUT2D eigenvalue weighted by molar-refractivity contribution is 9.10. The first kappa shape index (κ1) is 16.2. The smallest absolute Gasteiger partial charge is 0.314 e. The lowest BCUT2D eigenvalue weighted by Crippen LogP contribution is -2.61. The number of urea groups is 1. The van der Waals surface area contributed by atoms with Crippen LogP contribution >= 0.6 is 15.9 Å². The molecule has 1 unspecified atom stereocenters. The second-order valence-electron chi connectivity index (χ2n) is 4.99. The third-order valence-corrected chi connectivity index (χ3v) is 3.86. The lowest BCUT2D eigenvalue weighted by Gasteiger charge is -2.25. The van der Waals surface area contributed by atoms with E-state index >= 15 is 0 Å². The normalized spacial score (nSPS) is 16.6. The Balaban J connectivity index is 1.73. The molecule has 8 heteroatoms. The average molecular weight is 388 g/mol. The molecule has 0 aromatic heterocycles. The Morgan fingerprint density at radius 3 is 2.50 bits per heavy atom. The summed E-state index contributed by atoms with van der Waals surface area (Å²) in [6, 6.07) is 15.8. The molecule has 4 N–H and O–H groups in total. The minimum Gasteiger partial charge on any atom is -0.314 e. The van der Waals surface area contributed by atoms with Crippen LogP contribution in [0.1, 0.15) is 15.9 Å². The number of rotatable bonds is 4. The van der Waals surface area contributed by atoms with E-state index in [1.165, 1.54) is 0 Å². The number of nitrogens with one attached hydrogen (secondary N) is 4. The third kappa shape index (κ3) is 3.79. The van der Waals surface area contributed by atoms with Gasteiger partial charge in [-0.05, 0) is 24.3 Å². The van der Waals surface area contributed by atoms with Crippen molar-refractivity contribution in [3.05, 3.63) is 70.2 Å². The number of halogens is 1. The van der Waals surface area contributed by atoms with Gasteiger partial charge in [-0.3, -0.25) is 10.2 Å². The van der Waals surface area contributed by atoms with Crippen LogP contribution in [-0.2, 0) is 0 Å². The number of hydrogen-bond donors (Lipinski definition) is 4. The number of hydrazine groups is 1. The fraction of sp³-hybridized carbons (Fsp3) is 0.0625.